The zero-order valence-electron chi connectivity index (χ0n) is 11.6. The largest absolute Gasteiger partial charge is 0.380 e. The Kier molecular flexibility index (Phi) is 4.59. The minimum absolute atomic E-state index is 0.802. The number of hydrogen-bond donors (Lipinski definition) is 1. The molecule has 104 valence electrons. The van der Waals surface area contributed by atoms with Crippen molar-refractivity contribution < 1.29 is 0 Å². The molecule has 1 heterocycles. The zero-order chi connectivity index (χ0) is 13.6. The fraction of sp³-hybridized carbons (Fsp3) is 0.353. The van der Waals surface area contributed by atoms with Gasteiger partial charge in [-0.05, 0) is 36.6 Å². The minimum Gasteiger partial charge on any atom is -0.380 e. The topological polar surface area (TPSA) is 24.9 Å². The molecular formula is C17H20N2S. The van der Waals surface area contributed by atoms with E-state index in [1.807, 2.05) is 30.2 Å². The summed E-state index contributed by atoms with van der Waals surface area (Å²) in [5.41, 5.74) is 2.46. The van der Waals surface area contributed by atoms with Crippen LogP contribution in [0.1, 0.15) is 31.2 Å². The van der Waals surface area contributed by atoms with Crippen LogP contribution in [0.2, 0.25) is 0 Å². The van der Waals surface area contributed by atoms with Crippen molar-refractivity contribution >= 4 is 17.4 Å². The van der Waals surface area contributed by atoms with E-state index in [0.717, 1.165) is 11.8 Å². The molecule has 0 atom stereocenters. The van der Waals surface area contributed by atoms with Gasteiger partial charge >= 0.3 is 0 Å². The standard InChI is InChI=1S/C17H20N2S/c1-2-8-15(7-1)20-17-10-4-3-9-16(17)19-13-14-6-5-11-18-12-14/h3-6,9-12,15,19H,1-2,7-8,13H2. The van der Waals surface area contributed by atoms with Crippen molar-refractivity contribution in [2.75, 3.05) is 5.32 Å². The molecule has 3 rings (SSSR count). The van der Waals surface area contributed by atoms with Crippen LogP contribution < -0.4 is 5.32 Å². The Morgan fingerprint density at radius 1 is 1.10 bits per heavy atom. The van der Waals surface area contributed by atoms with Gasteiger partial charge in [0.25, 0.3) is 0 Å². The highest BCUT2D eigenvalue weighted by atomic mass is 32.2. The number of nitrogens with one attached hydrogen (secondary N) is 1. The summed E-state index contributed by atoms with van der Waals surface area (Å²) in [4.78, 5) is 5.54. The molecule has 0 spiro atoms. The number of hydrogen-bond acceptors (Lipinski definition) is 3. The summed E-state index contributed by atoms with van der Waals surface area (Å²) in [7, 11) is 0. The van der Waals surface area contributed by atoms with Crippen LogP contribution in [-0.2, 0) is 6.54 Å². The summed E-state index contributed by atoms with van der Waals surface area (Å²) in [6.07, 6.45) is 9.24. The molecule has 1 fully saturated rings. The summed E-state index contributed by atoms with van der Waals surface area (Å²) < 4.78 is 0. The molecule has 1 saturated carbocycles. The van der Waals surface area contributed by atoms with Gasteiger partial charge in [-0.2, -0.15) is 0 Å². The predicted molar refractivity (Wildman–Crippen MR) is 86.1 cm³/mol. The average molecular weight is 284 g/mol. The molecule has 0 aliphatic heterocycles. The maximum absolute atomic E-state index is 4.16. The first kappa shape index (κ1) is 13.5. The number of benzene rings is 1. The summed E-state index contributed by atoms with van der Waals surface area (Å²) in [6.45, 7) is 0.829. The molecule has 1 aromatic carbocycles. The number of para-hydroxylation sites is 1. The van der Waals surface area contributed by atoms with Crippen LogP contribution in [0.5, 0.6) is 0 Å². The number of thioether (sulfide) groups is 1. The molecule has 0 bridgehead atoms. The van der Waals surface area contributed by atoms with E-state index in [-0.39, 0.29) is 0 Å². The molecule has 0 saturated heterocycles. The number of pyridine rings is 1. The van der Waals surface area contributed by atoms with E-state index in [2.05, 4.69) is 40.6 Å². The lowest BCUT2D eigenvalue weighted by molar-refractivity contribution is 0.886. The Labute approximate surface area is 125 Å². The molecule has 3 heteroatoms. The highest BCUT2D eigenvalue weighted by Gasteiger charge is 2.17. The number of aromatic nitrogens is 1. The van der Waals surface area contributed by atoms with Gasteiger partial charge in [0.2, 0.25) is 0 Å². The van der Waals surface area contributed by atoms with Crippen LogP contribution in [0, 0.1) is 0 Å². The van der Waals surface area contributed by atoms with Gasteiger partial charge in [0.15, 0.2) is 0 Å². The lowest BCUT2D eigenvalue weighted by Gasteiger charge is -2.14. The third kappa shape index (κ3) is 3.54. The van der Waals surface area contributed by atoms with Crippen molar-refractivity contribution in [2.45, 2.75) is 42.4 Å². The van der Waals surface area contributed by atoms with Crippen LogP contribution in [0.15, 0.2) is 53.7 Å². The van der Waals surface area contributed by atoms with Crippen LogP contribution in [0.3, 0.4) is 0 Å². The lowest BCUT2D eigenvalue weighted by Crippen LogP contribution is -2.02. The first-order valence-electron chi connectivity index (χ1n) is 7.30. The van der Waals surface area contributed by atoms with Gasteiger partial charge in [0.05, 0.1) is 0 Å². The minimum atomic E-state index is 0.802. The number of nitrogens with zero attached hydrogens (tertiary/aromatic N) is 1. The van der Waals surface area contributed by atoms with Crippen LogP contribution in [0.4, 0.5) is 5.69 Å². The highest BCUT2D eigenvalue weighted by molar-refractivity contribution is 8.00. The van der Waals surface area contributed by atoms with E-state index >= 15 is 0 Å². The van der Waals surface area contributed by atoms with E-state index in [9.17, 15) is 0 Å². The summed E-state index contributed by atoms with van der Waals surface area (Å²) in [6, 6.07) is 12.7. The average Bonchev–Trinajstić information content (AvgIpc) is 3.00. The fourth-order valence-electron chi connectivity index (χ4n) is 2.60. The van der Waals surface area contributed by atoms with E-state index in [0.29, 0.717) is 0 Å². The van der Waals surface area contributed by atoms with E-state index in [1.54, 1.807) is 0 Å². The van der Waals surface area contributed by atoms with Gasteiger partial charge in [0.1, 0.15) is 0 Å². The van der Waals surface area contributed by atoms with E-state index in [1.165, 1.54) is 41.8 Å². The third-order valence-electron chi connectivity index (χ3n) is 3.69. The first-order chi connectivity index (χ1) is 9.92. The van der Waals surface area contributed by atoms with Gasteiger partial charge in [-0.15, -0.1) is 11.8 Å². The maximum atomic E-state index is 4.16. The summed E-state index contributed by atoms with van der Waals surface area (Å²) in [5.74, 6) is 0. The van der Waals surface area contributed by atoms with Crippen LogP contribution in [-0.4, -0.2) is 10.2 Å². The Morgan fingerprint density at radius 2 is 1.95 bits per heavy atom. The van der Waals surface area contributed by atoms with Crippen molar-refractivity contribution in [1.29, 1.82) is 0 Å². The molecule has 0 amide bonds. The molecule has 20 heavy (non-hydrogen) atoms. The van der Waals surface area contributed by atoms with Gasteiger partial charge < -0.3 is 5.32 Å². The third-order valence-corrected chi connectivity index (χ3v) is 5.10. The second-order valence-electron chi connectivity index (χ2n) is 5.24. The van der Waals surface area contributed by atoms with Crippen molar-refractivity contribution in [2.24, 2.45) is 0 Å². The molecule has 1 N–H and O–H groups in total. The molecule has 1 aromatic heterocycles. The first-order valence-corrected chi connectivity index (χ1v) is 8.18. The number of anilines is 1. The molecule has 2 nitrogen and oxygen atoms in total. The monoisotopic (exact) mass is 284 g/mol. The van der Waals surface area contributed by atoms with Crippen molar-refractivity contribution in [1.82, 2.24) is 4.98 Å². The van der Waals surface area contributed by atoms with Crippen molar-refractivity contribution in [3.8, 4) is 0 Å². The predicted octanol–water partition coefficient (Wildman–Crippen LogP) is 4.73. The maximum Gasteiger partial charge on any atom is 0.0481 e. The highest BCUT2D eigenvalue weighted by Crippen LogP contribution is 2.38. The Balaban J connectivity index is 1.66. The Hall–Kier alpha value is -1.48. The quantitative estimate of drug-likeness (QED) is 0.859. The number of rotatable bonds is 5. The second kappa shape index (κ2) is 6.80. The molecule has 0 unspecified atom stereocenters. The second-order valence-corrected chi connectivity index (χ2v) is 6.58. The Bertz CT molecular complexity index is 536. The molecule has 0 radical (unpaired) electrons. The molecule has 2 aromatic rings. The fourth-order valence-corrected chi connectivity index (χ4v) is 3.95. The van der Waals surface area contributed by atoms with Crippen LogP contribution >= 0.6 is 11.8 Å². The normalized spacial score (nSPS) is 15.4. The van der Waals surface area contributed by atoms with Gasteiger partial charge in [-0.25, -0.2) is 0 Å². The summed E-state index contributed by atoms with van der Waals surface area (Å²) >= 11 is 2.03. The Morgan fingerprint density at radius 3 is 2.75 bits per heavy atom. The molecule has 1 aliphatic rings. The van der Waals surface area contributed by atoms with E-state index in [4.69, 9.17) is 0 Å². The molecular weight excluding hydrogens is 264 g/mol. The summed E-state index contributed by atoms with van der Waals surface area (Å²) in [5, 5.41) is 4.34. The molecule has 1 aliphatic carbocycles. The van der Waals surface area contributed by atoms with Gasteiger partial charge in [-0.1, -0.05) is 31.0 Å². The zero-order valence-corrected chi connectivity index (χ0v) is 12.4. The van der Waals surface area contributed by atoms with Crippen molar-refractivity contribution in [3.63, 3.8) is 0 Å². The SMILES string of the molecule is c1cncc(CNc2ccccc2SC2CCCC2)c1. The van der Waals surface area contributed by atoms with E-state index < -0.39 is 0 Å². The van der Waals surface area contributed by atoms with Gasteiger partial charge in [0, 0.05) is 34.8 Å². The lowest BCUT2D eigenvalue weighted by atomic mass is 10.2. The van der Waals surface area contributed by atoms with Gasteiger partial charge in [-0.3, -0.25) is 4.98 Å². The smallest absolute Gasteiger partial charge is 0.0481 e. The van der Waals surface area contributed by atoms with Crippen molar-refractivity contribution in [3.05, 3.63) is 54.4 Å². The van der Waals surface area contributed by atoms with Crippen LogP contribution in [0.25, 0.3) is 0 Å².